The van der Waals surface area contributed by atoms with Gasteiger partial charge < -0.3 is 24.2 Å². The summed E-state index contributed by atoms with van der Waals surface area (Å²) in [5, 5.41) is 24.0. The van der Waals surface area contributed by atoms with Crippen LogP contribution in [0.1, 0.15) is 36.7 Å². The predicted molar refractivity (Wildman–Crippen MR) is 123 cm³/mol. The number of benzene rings is 1. The summed E-state index contributed by atoms with van der Waals surface area (Å²) in [6.07, 6.45) is -3.48. The summed E-state index contributed by atoms with van der Waals surface area (Å²) in [4.78, 5) is 28.1. The number of aromatic nitrogens is 2. The van der Waals surface area contributed by atoms with Crippen molar-refractivity contribution in [2.75, 3.05) is 6.56 Å². The third kappa shape index (κ3) is 6.54. The van der Waals surface area contributed by atoms with E-state index in [1.807, 2.05) is 0 Å². The van der Waals surface area contributed by atoms with Crippen molar-refractivity contribution in [3.8, 4) is 5.75 Å². The number of carbonyl (C=O) groups excluding carboxylic acids is 1. The monoisotopic (exact) mass is 513 g/mol. The van der Waals surface area contributed by atoms with Gasteiger partial charge in [-0.25, -0.2) is 14.3 Å². The van der Waals surface area contributed by atoms with E-state index in [-0.39, 0.29) is 5.75 Å². The standard InChI is InChI=1S/C22H30N3O9P/c1-14(2)32-19(27)15(3)24-35(30,34-16-9-6-5-7-10-16)31-13-17-18(26)22(4,29)20(33-17)25-12-8-11-23-21(25)28/h5-12,14-15,17-18,20,26,29H,13H2,1-4H3,(H,24,30)/t15-,17+,18+,20?,22+,35?/m0/s1/i13D2. The van der Waals surface area contributed by atoms with Crippen molar-refractivity contribution >= 4 is 13.7 Å². The molecule has 6 atom stereocenters. The van der Waals surface area contributed by atoms with Crippen LogP contribution in [-0.4, -0.2) is 62.2 Å². The van der Waals surface area contributed by atoms with E-state index in [1.165, 1.54) is 37.5 Å². The van der Waals surface area contributed by atoms with Crippen molar-refractivity contribution < 1.29 is 40.8 Å². The molecule has 0 spiro atoms. The number of nitrogens with zero attached hydrogens (tertiary/aromatic N) is 2. The van der Waals surface area contributed by atoms with Gasteiger partial charge in [0.2, 0.25) is 0 Å². The van der Waals surface area contributed by atoms with Gasteiger partial charge in [0.15, 0.2) is 6.23 Å². The van der Waals surface area contributed by atoms with Crippen molar-refractivity contribution in [1.82, 2.24) is 14.6 Å². The van der Waals surface area contributed by atoms with E-state index in [2.05, 4.69) is 10.1 Å². The summed E-state index contributed by atoms with van der Waals surface area (Å²) < 4.78 is 52.9. The van der Waals surface area contributed by atoms with Gasteiger partial charge in [0.1, 0.15) is 29.6 Å². The third-order valence-corrected chi connectivity index (χ3v) is 6.47. The molecule has 1 aromatic heterocycles. The van der Waals surface area contributed by atoms with Crippen LogP contribution in [0, 0.1) is 0 Å². The van der Waals surface area contributed by atoms with Crippen molar-refractivity contribution in [3.05, 3.63) is 59.3 Å². The Hall–Kier alpha value is -2.60. The minimum Gasteiger partial charge on any atom is -0.462 e. The maximum atomic E-state index is 13.8. The van der Waals surface area contributed by atoms with Crippen LogP contribution in [0.5, 0.6) is 5.75 Å². The number of hydrogen-bond donors (Lipinski definition) is 3. The first-order valence-corrected chi connectivity index (χ1v) is 12.3. The molecule has 13 heteroatoms. The molecule has 0 radical (unpaired) electrons. The molecule has 1 fully saturated rings. The highest BCUT2D eigenvalue weighted by molar-refractivity contribution is 7.52. The number of ether oxygens (including phenoxy) is 2. The topological polar surface area (TPSA) is 158 Å². The SMILES string of the molecule is [2H]C([2H])(OP(=O)(N[C@@H](C)C(=O)OC(C)C)Oc1ccccc1)[C@H]1OC(n2cccnc2=O)[C@](C)(O)[C@@H]1O. The van der Waals surface area contributed by atoms with E-state index >= 15 is 0 Å². The number of rotatable bonds is 10. The van der Waals surface area contributed by atoms with E-state index in [0.717, 1.165) is 11.5 Å². The average Bonchev–Trinajstić information content (AvgIpc) is 3.03. The van der Waals surface area contributed by atoms with Gasteiger partial charge in [0.05, 0.1) is 15.4 Å². The first-order chi connectivity index (χ1) is 17.2. The first kappa shape index (κ1) is 24.1. The van der Waals surface area contributed by atoms with Gasteiger partial charge in [-0.15, -0.1) is 0 Å². The number of aliphatic hydroxyl groups excluding tert-OH is 1. The van der Waals surface area contributed by atoms with Crippen molar-refractivity contribution in [2.45, 2.75) is 63.9 Å². The van der Waals surface area contributed by atoms with Crippen LogP contribution in [0.15, 0.2) is 53.6 Å². The van der Waals surface area contributed by atoms with Crippen LogP contribution >= 0.6 is 7.75 Å². The van der Waals surface area contributed by atoms with Gasteiger partial charge in [0.25, 0.3) is 0 Å². The molecule has 3 N–H and O–H groups in total. The molecule has 3 rings (SSSR count). The molecule has 12 nitrogen and oxygen atoms in total. The lowest BCUT2D eigenvalue weighted by Gasteiger charge is -2.27. The van der Waals surface area contributed by atoms with Gasteiger partial charge >= 0.3 is 19.4 Å². The Morgan fingerprint density at radius 3 is 2.66 bits per heavy atom. The molecule has 1 aliphatic heterocycles. The fourth-order valence-electron chi connectivity index (χ4n) is 3.23. The molecule has 0 bridgehead atoms. The lowest BCUT2D eigenvalue weighted by Crippen LogP contribution is -2.46. The maximum Gasteiger partial charge on any atom is 0.459 e. The van der Waals surface area contributed by atoms with Gasteiger partial charge in [0, 0.05) is 12.4 Å². The minimum absolute atomic E-state index is 0.0261. The van der Waals surface area contributed by atoms with Gasteiger partial charge in [-0.05, 0) is 45.9 Å². The first-order valence-electron chi connectivity index (χ1n) is 11.8. The number of aliphatic hydroxyl groups is 2. The van der Waals surface area contributed by atoms with E-state index in [4.69, 9.17) is 21.3 Å². The second-order valence-corrected chi connectivity index (χ2v) is 9.95. The van der Waals surface area contributed by atoms with Crippen LogP contribution in [0.2, 0.25) is 0 Å². The van der Waals surface area contributed by atoms with Crippen molar-refractivity contribution in [2.24, 2.45) is 0 Å². The molecule has 192 valence electrons. The predicted octanol–water partition coefficient (Wildman–Crippen LogP) is 1.39. The molecule has 2 heterocycles. The van der Waals surface area contributed by atoms with Gasteiger partial charge in [-0.1, -0.05) is 18.2 Å². The Labute approximate surface area is 205 Å². The molecule has 2 unspecified atom stereocenters. The second-order valence-electron chi connectivity index (χ2n) is 8.34. The molecule has 35 heavy (non-hydrogen) atoms. The molecule has 0 aliphatic carbocycles. The van der Waals surface area contributed by atoms with E-state index in [0.29, 0.717) is 0 Å². The Kier molecular flexibility index (Phi) is 7.57. The maximum absolute atomic E-state index is 13.8. The highest BCUT2D eigenvalue weighted by Crippen LogP contribution is 2.46. The fraction of sp³-hybridized carbons (Fsp3) is 0.500. The lowest BCUT2D eigenvalue weighted by atomic mass is 9.96. The second kappa shape index (κ2) is 11.0. The summed E-state index contributed by atoms with van der Waals surface area (Å²) >= 11 is 0. The smallest absolute Gasteiger partial charge is 0.459 e. The Morgan fingerprint density at radius 1 is 1.34 bits per heavy atom. The number of carbonyl (C=O) groups is 1. The Balaban J connectivity index is 1.91. The summed E-state index contributed by atoms with van der Waals surface area (Å²) in [7, 11) is -4.72. The van der Waals surface area contributed by atoms with E-state index < -0.39 is 62.1 Å². The van der Waals surface area contributed by atoms with Gasteiger partial charge in [-0.3, -0.25) is 13.9 Å². The van der Waals surface area contributed by atoms with Crippen molar-refractivity contribution in [3.63, 3.8) is 0 Å². The zero-order valence-corrected chi connectivity index (χ0v) is 20.5. The fourth-order valence-corrected chi connectivity index (χ4v) is 4.59. The summed E-state index contributed by atoms with van der Waals surface area (Å²) in [5.41, 5.74) is -3.00. The van der Waals surface area contributed by atoms with Crippen molar-refractivity contribution in [1.29, 1.82) is 0 Å². The zero-order valence-electron chi connectivity index (χ0n) is 21.6. The van der Waals surface area contributed by atoms with Crippen LogP contribution in [0.3, 0.4) is 0 Å². The number of para-hydroxylation sites is 1. The number of hydrogen-bond acceptors (Lipinski definition) is 10. The summed E-state index contributed by atoms with van der Waals surface area (Å²) in [6, 6.07) is 7.80. The average molecular weight is 513 g/mol. The Bertz CT molecular complexity index is 1200. The highest BCUT2D eigenvalue weighted by Gasteiger charge is 2.54. The molecule has 1 aromatic carbocycles. The number of nitrogens with one attached hydrogen (secondary N) is 1. The normalized spacial score (nSPS) is 28.0. The van der Waals surface area contributed by atoms with Crippen LogP contribution in [-0.2, 0) is 23.4 Å². The van der Waals surface area contributed by atoms with Crippen LogP contribution in [0.4, 0.5) is 0 Å². The molecule has 1 aliphatic rings. The summed E-state index contributed by atoms with van der Waals surface area (Å²) in [5.74, 6) is -0.773. The van der Waals surface area contributed by atoms with Crippen LogP contribution in [0.25, 0.3) is 0 Å². The molecule has 0 amide bonds. The quantitative estimate of drug-likeness (QED) is 0.311. The molecular formula is C22H30N3O9P. The summed E-state index contributed by atoms with van der Waals surface area (Å²) in [6.45, 7) is 2.62. The molecular weight excluding hydrogens is 481 g/mol. The molecule has 0 saturated carbocycles. The van der Waals surface area contributed by atoms with E-state index in [9.17, 15) is 24.4 Å². The van der Waals surface area contributed by atoms with Gasteiger partial charge in [-0.2, -0.15) is 5.09 Å². The number of esters is 1. The largest absolute Gasteiger partial charge is 0.462 e. The third-order valence-electron chi connectivity index (χ3n) is 4.97. The molecule has 1 saturated heterocycles. The van der Waals surface area contributed by atoms with E-state index in [1.54, 1.807) is 32.0 Å². The lowest BCUT2D eigenvalue weighted by molar-refractivity contribution is -0.149. The zero-order chi connectivity index (χ0) is 27.6. The Morgan fingerprint density at radius 2 is 2.03 bits per heavy atom. The highest BCUT2D eigenvalue weighted by atomic mass is 31.2. The molecule has 2 aromatic rings. The van der Waals surface area contributed by atoms with Crippen LogP contribution < -0.4 is 15.3 Å². The minimum atomic E-state index is -4.72.